The van der Waals surface area contributed by atoms with Gasteiger partial charge >= 0.3 is 0 Å². The van der Waals surface area contributed by atoms with E-state index in [1.807, 2.05) is 62.4 Å². The number of ether oxygens (including phenoxy) is 1. The van der Waals surface area contributed by atoms with Crippen LogP contribution in [0.2, 0.25) is 0 Å². The third-order valence-electron chi connectivity index (χ3n) is 3.48. The van der Waals surface area contributed by atoms with Crippen LogP contribution in [-0.4, -0.2) is 23.5 Å². The summed E-state index contributed by atoms with van der Waals surface area (Å²) in [4.78, 5) is 23.7. The molecular weight excluding hydrogens is 350 g/mol. The van der Waals surface area contributed by atoms with Gasteiger partial charge in [-0.25, -0.2) is 0 Å². The average molecular weight is 371 g/mol. The van der Waals surface area contributed by atoms with Crippen molar-refractivity contribution >= 4 is 29.1 Å². The molecular formula is C19H21N3O3S. The molecule has 0 saturated heterocycles. The van der Waals surface area contributed by atoms with Gasteiger partial charge in [-0.2, -0.15) is 0 Å². The summed E-state index contributed by atoms with van der Waals surface area (Å²) in [5, 5.41) is 2.45. The monoisotopic (exact) mass is 371 g/mol. The van der Waals surface area contributed by atoms with Crippen LogP contribution in [0.1, 0.15) is 16.7 Å². The van der Waals surface area contributed by atoms with Crippen LogP contribution in [0.15, 0.2) is 48.5 Å². The maximum absolute atomic E-state index is 11.9. The zero-order chi connectivity index (χ0) is 18.9. The molecule has 136 valence electrons. The zero-order valence-electron chi connectivity index (χ0n) is 14.7. The van der Waals surface area contributed by atoms with Gasteiger partial charge in [0.2, 0.25) is 5.91 Å². The molecule has 0 aliphatic rings. The molecule has 26 heavy (non-hydrogen) atoms. The molecule has 0 fully saturated rings. The van der Waals surface area contributed by atoms with Gasteiger partial charge in [0.1, 0.15) is 5.75 Å². The molecule has 0 atom stereocenters. The minimum atomic E-state index is -0.416. The van der Waals surface area contributed by atoms with Crippen molar-refractivity contribution in [3.05, 3.63) is 65.2 Å². The van der Waals surface area contributed by atoms with Crippen molar-refractivity contribution in [3.8, 4) is 5.75 Å². The highest BCUT2D eigenvalue weighted by Gasteiger charge is 2.08. The van der Waals surface area contributed by atoms with Crippen LogP contribution in [0.5, 0.6) is 5.75 Å². The maximum Gasteiger partial charge on any atom is 0.264 e. The van der Waals surface area contributed by atoms with Crippen LogP contribution in [0.25, 0.3) is 0 Å². The molecule has 0 bridgehead atoms. The van der Waals surface area contributed by atoms with Crippen molar-refractivity contribution in [2.24, 2.45) is 0 Å². The van der Waals surface area contributed by atoms with Gasteiger partial charge in [0.05, 0.1) is 6.42 Å². The van der Waals surface area contributed by atoms with E-state index >= 15 is 0 Å². The summed E-state index contributed by atoms with van der Waals surface area (Å²) in [5.41, 5.74) is 7.80. The Kier molecular flexibility index (Phi) is 7.11. The third kappa shape index (κ3) is 6.52. The third-order valence-corrected chi connectivity index (χ3v) is 3.68. The second-order valence-corrected chi connectivity index (χ2v) is 6.18. The first-order valence-corrected chi connectivity index (χ1v) is 8.47. The fraction of sp³-hybridized carbons (Fsp3) is 0.211. The molecule has 6 nitrogen and oxygen atoms in total. The highest BCUT2D eigenvalue weighted by Crippen LogP contribution is 2.18. The standard InChI is InChI=1S/C19H21N3O3S/c1-13-8-9-14(2)16(10-13)25-12-18(24)20-19(26)22-21-17(23)11-15-6-4-3-5-7-15/h3-10H,11-12H2,1-2H3,(H,21,23)(H2,20,22,24,26). The van der Waals surface area contributed by atoms with Gasteiger partial charge in [-0.1, -0.05) is 42.5 Å². The van der Waals surface area contributed by atoms with E-state index in [0.29, 0.717) is 5.75 Å². The van der Waals surface area contributed by atoms with Crippen LogP contribution < -0.4 is 20.9 Å². The Labute approximate surface area is 157 Å². The second-order valence-electron chi connectivity index (χ2n) is 5.77. The largest absolute Gasteiger partial charge is 0.483 e. The lowest BCUT2D eigenvalue weighted by Gasteiger charge is -2.12. The summed E-state index contributed by atoms with van der Waals surface area (Å²) in [6.07, 6.45) is 0.208. The normalized spacial score (nSPS) is 9.92. The maximum atomic E-state index is 11.9. The molecule has 0 unspecified atom stereocenters. The SMILES string of the molecule is Cc1ccc(C)c(OCC(=O)NC(=S)NNC(=O)Cc2ccccc2)c1. The Balaban J connectivity index is 1.71. The Morgan fingerprint density at radius 3 is 2.46 bits per heavy atom. The smallest absolute Gasteiger partial charge is 0.264 e. The van der Waals surface area contributed by atoms with Gasteiger partial charge < -0.3 is 4.74 Å². The van der Waals surface area contributed by atoms with E-state index in [9.17, 15) is 9.59 Å². The van der Waals surface area contributed by atoms with E-state index in [1.54, 1.807) is 0 Å². The minimum Gasteiger partial charge on any atom is -0.483 e. The van der Waals surface area contributed by atoms with Gasteiger partial charge in [-0.3, -0.25) is 25.8 Å². The van der Waals surface area contributed by atoms with Gasteiger partial charge in [-0.05, 0) is 48.8 Å². The van der Waals surface area contributed by atoms with Crippen molar-refractivity contribution in [1.82, 2.24) is 16.2 Å². The van der Waals surface area contributed by atoms with E-state index in [2.05, 4.69) is 16.2 Å². The molecule has 0 spiro atoms. The predicted octanol–water partition coefficient (Wildman–Crippen LogP) is 1.95. The van der Waals surface area contributed by atoms with E-state index in [0.717, 1.165) is 16.7 Å². The van der Waals surface area contributed by atoms with Crippen LogP contribution >= 0.6 is 12.2 Å². The number of thiocarbonyl (C=S) groups is 1. The highest BCUT2D eigenvalue weighted by molar-refractivity contribution is 7.80. The molecule has 0 heterocycles. The van der Waals surface area contributed by atoms with Gasteiger partial charge in [0, 0.05) is 0 Å². The summed E-state index contributed by atoms with van der Waals surface area (Å²) >= 11 is 4.98. The lowest BCUT2D eigenvalue weighted by Crippen LogP contribution is -2.49. The average Bonchev–Trinajstić information content (AvgIpc) is 2.61. The molecule has 0 aliphatic carbocycles. The lowest BCUT2D eigenvalue weighted by atomic mass is 10.1. The first kappa shape index (κ1) is 19.4. The number of benzene rings is 2. The number of hydrogen-bond donors (Lipinski definition) is 3. The molecule has 0 saturated carbocycles. The first-order chi connectivity index (χ1) is 12.4. The zero-order valence-corrected chi connectivity index (χ0v) is 15.5. The molecule has 0 aliphatic heterocycles. The fourth-order valence-corrected chi connectivity index (χ4v) is 2.32. The summed E-state index contributed by atoms with van der Waals surface area (Å²) in [5.74, 6) is -0.0321. The van der Waals surface area contributed by atoms with Crippen LogP contribution in [0.3, 0.4) is 0 Å². The minimum absolute atomic E-state index is 0.000904. The Bertz CT molecular complexity index is 794. The number of hydrazine groups is 1. The van der Waals surface area contributed by atoms with Crippen LogP contribution in [0, 0.1) is 13.8 Å². The van der Waals surface area contributed by atoms with E-state index in [1.165, 1.54) is 0 Å². The number of rotatable bonds is 5. The Morgan fingerprint density at radius 1 is 1.00 bits per heavy atom. The van der Waals surface area contributed by atoms with E-state index in [4.69, 9.17) is 17.0 Å². The van der Waals surface area contributed by atoms with Crippen molar-refractivity contribution in [2.45, 2.75) is 20.3 Å². The number of amides is 2. The van der Waals surface area contributed by atoms with E-state index < -0.39 is 5.91 Å². The molecule has 3 N–H and O–H groups in total. The number of aryl methyl sites for hydroxylation is 2. The van der Waals surface area contributed by atoms with Crippen molar-refractivity contribution < 1.29 is 14.3 Å². The highest BCUT2D eigenvalue weighted by atomic mass is 32.1. The summed E-state index contributed by atoms with van der Waals surface area (Å²) in [6, 6.07) is 15.1. The van der Waals surface area contributed by atoms with Crippen molar-refractivity contribution in [3.63, 3.8) is 0 Å². The number of nitrogens with one attached hydrogen (secondary N) is 3. The molecule has 2 amide bonds. The van der Waals surface area contributed by atoms with Gasteiger partial charge in [0.25, 0.3) is 5.91 Å². The molecule has 2 aromatic carbocycles. The first-order valence-electron chi connectivity index (χ1n) is 8.06. The molecule has 7 heteroatoms. The van der Waals surface area contributed by atoms with Crippen molar-refractivity contribution in [2.75, 3.05) is 6.61 Å². The number of carbonyl (C=O) groups excluding carboxylic acids is 2. The topological polar surface area (TPSA) is 79.5 Å². The van der Waals surface area contributed by atoms with Crippen molar-refractivity contribution in [1.29, 1.82) is 0 Å². The van der Waals surface area contributed by atoms with Gasteiger partial charge in [-0.15, -0.1) is 0 Å². The summed E-state index contributed by atoms with van der Waals surface area (Å²) in [7, 11) is 0. The molecule has 2 aromatic rings. The Hall–Kier alpha value is -2.93. The van der Waals surface area contributed by atoms with Crippen LogP contribution in [-0.2, 0) is 16.0 Å². The van der Waals surface area contributed by atoms with Crippen LogP contribution in [0.4, 0.5) is 0 Å². The number of hydrogen-bond acceptors (Lipinski definition) is 4. The molecule has 0 radical (unpaired) electrons. The summed E-state index contributed by atoms with van der Waals surface area (Å²) in [6.45, 7) is 3.68. The summed E-state index contributed by atoms with van der Waals surface area (Å²) < 4.78 is 5.50. The molecule has 2 rings (SSSR count). The molecule has 0 aromatic heterocycles. The van der Waals surface area contributed by atoms with Gasteiger partial charge in [0.15, 0.2) is 11.7 Å². The van der Waals surface area contributed by atoms with E-state index in [-0.39, 0.29) is 24.0 Å². The lowest BCUT2D eigenvalue weighted by molar-refractivity contribution is -0.122. The number of carbonyl (C=O) groups is 2. The predicted molar refractivity (Wildman–Crippen MR) is 104 cm³/mol. The Morgan fingerprint density at radius 2 is 1.73 bits per heavy atom. The fourth-order valence-electron chi connectivity index (χ4n) is 2.15. The second kappa shape index (κ2) is 9.53. The quantitative estimate of drug-likeness (QED) is 0.553.